The Bertz CT molecular complexity index is 966. The second-order valence-corrected chi connectivity index (χ2v) is 8.71. The van der Waals surface area contributed by atoms with E-state index in [4.69, 9.17) is 16.3 Å². The number of methoxy groups -OCH3 is 1. The van der Waals surface area contributed by atoms with Crippen LogP contribution in [0, 0.1) is 11.8 Å². The van der Waals surface area contributed by atoms with Gasteiger partial charge >= 0.3 is 0 Å². The van der Waals surface area contributed by atoms with Gasteiger partial charge in [0.25, 0.3) is 5.91 Å². The van der Waals surface area contributed by atoms with Gasteiger partial charge in [0.1, 0.15) is 11.5 Å². The van der Waals surface area contributed by atoms with Gasteiger partial charge in [0.15, 0.2) is 0 Å². The first kappa shape index (κ1) is 24.0. The summed E-state index contributed by atoms with van der Waals surface area (Å²) in [7, 11) is 1.55. The van der Waals surface area contributed by atoms with E-state index in [0.29, 0.717) is 52.8 Å². The summed E-state index contributed by atoms with van der Waals surface area (Å²) in [4.78, 5) is 32.8. The molecule has 0 radical (unpaired) electrons. The first-order valence-electron chi connectivity index (χ1n) is 11.1. The molecule has 2 N–H and O–H groups in total. The molecule has 0 aliphatic heterocycles. The zero-order valence-corrected chi connectivity index (χ0v) is 19.7. The van der Waals surface area contributed by atoms with Gasteiger partial charge in [-0.2, -0.15) is 0 Å². The van der Waals surface area contributed by atoms with E-state index >= 15 is 0 Å². The quantitative estimate of drug-likeness (QED) is 0.551. The molecule has 32 heavy (non-hydrogen) atoms. The van der Waals surface area contributed by atoms with E-state index in [2.05, 4.69) is 20.6 Å². The van der Waals surface area contributed by atoms with Gasteiger partial charge in [0.05, 0.1) is 29.7 Å². The molecule has 0 spiro atoms. The Hall–Kier alpha value is -2.67. The topological polar surface area (TPSA) is 93.2 Å². The summed E-state index contributed by atoms with van der Waals surface area (Å²) in [6, 6.07) is 5.17. The predicted octanol–water partition coefficient (Wildman–Crippen LogP) is 4.96. The summed E-state index contributed by atoms with van der Waals surface area (Å²) in [5.41, 5.74) is 1.95. The van der Waals surface area contributed by atoms with Crippen molar-refractivity contribution in [1.82, 2.24) is 15.3 Å². The highest BCUT2D eigenvalue weighted by molar-refractivity contribution is 6.31. The van der Waals surface area contributed by atoms with Gasteiger partial charge in [-0.05, 0) is 63.1 Å². The largest absolute Gasteiger partial charge is 0.495 e. The Morgan fingerprint density at radius 3 is 2.66 bits per heavy atom. The third kappa shape index (κ3) is 6.19. The highest BCUT2D eigenvalue weighted by atomic mass is 35.5. The van der Waals surface area contributed by atoms with Crippen molar-refractivity contribution in [3.63, 3.8) is 0 Å². The van der Waals surface area contributed by atoms with Gasteiger partial charge in [0, 0.05) is 18.5 Å². The number of hydrogen-bond donors (Lipinski definition) is 2. The lowest BCUT2D eigenvalue weighted by atomic mass is 9.75. The van der Waals surface area contributed by atoms with Crippen LogP contribution in [0.1, 0.15) is 62.0 Å². The number of benzene rings is 1. The fourth-order valence-corrected chi connectivity index (χ4v) is 4.53. The molecule has 1 aliphatic carbocycles. The van der Waals surface area contributed by atoms with Gasteiger partial charge in [-0.25, -0.2) is 9.97 Å². The highest BCUT2D eigenvalue weighted by Gasteiger charge is 2.27. The molecule has 7 nitrogen and oxygen atoms in total. The van der Waals surface area contributed by atoms with Crippen LogP contribution in [-0.2, 0) is 11.2 Å². The van der Waals surface area contributed by atoms with Crippen molar-refractivity contribution < 1.29 is 14.3 Å². The fraction of sp³-hybridized carbons (Fsp3) is 0.500. The van der Waals surface area contributed by atoms with E-state index in [0.717, 1.165) is 25.0 Å². The molecule has 0 saturated heterocycles. The Kier molecular flexibility index (Phi) is 8.45. The third-order valence-corrected chi connectivity index (χ3v) is 6.25. The molecule has 8 heteroatoms. The van der Waals surface area contributed by atoms with Crippen LogP contribution in [0.3, 0.4) is 0 Å². The van der Waals surface area contributed by atoms with Gasteiger partial charge < -0.3 is 20.2 Å². The van der Waals surface area contributed by atoms with Crippen molar-refractivity contribution in [3.05, 3.63) is 40.7 Å². The minimum atomic E-state index is -0.157. The summed E-state index contributed by atoms with van der Waals surface area (Å²) in [6.45, 7) is 4.09. The Morgan fingerprint density at radius 2 is 1.97 bits per heavy atom. The van der Waals surface area contributed by atoms with E-state index in [1.54, 1.807) is 38.4 Å². The van der Waals surface area contributed by atoms with Crippen molar-refractivity contribution in [2.24, 2.45) is 11.8 Å². The van der Waals surface area contributed by atoms with Crippen molar-refractivity contribution in [1.29, 1.82) is 0 Å². The number of rotatable bonds is 9. The molecule has 1 aromatic heterocycles. The number of aromatic nitrogens is 2. The lowest BCUT2D eigenvalue weighted by Crippen LogP contribution is -2.24. The number of anilines is 2. The first-order valence-corrected chi connectivity index (χ1v) is 11.5. The second kappa shape index (κ2) is 11.3. The first-order chi connectivity index (χ1) is 15.4. The van der Waals surface area contributed by atoms with Crippen LogP contribution in [0.4, 0.5) is 11.6 Å². The van der Waals surface area contributed by atoms with Crippen LogP contribution >= 0.6 is 11.6 Å². The van der Waals surface area contributed by atoms with E-state index in [9.17, 15) is 9.59 Å². The number of halogens is 1. The lowest BCUT2D eigenvalue weighted by Gasteiger charge is -2.31. The number of nitrogens with one attached hydrogen (secondary N) is 2. The molecular weight excluding hydrogens is 428 g/mol. The molecule has 0 bridgehead atoms. The predicted molar refractivity (Wildman–Crippen MR) is 126 cm³/mol. The SMILES string of the molecule is CCNC(=O)c1ccc(Nc2ncc(Cl)c(C[C@@H]3CCCC[C@H]3CC(C)=O)n2)c(OC)c1. The Morgan fingerprint density at radius 1 is 1.22 bits per heavy atom. The highest BCUT2D eigenvalue weighted by Crippen LogP contribution is 2.36. The average molecular weight is 459 g/mol. The van der Waals surface area contributed by atoms with Crippen LogP contribution in [0.25, 0.3) is 0 Å². The zero-order chi connectivity index (χ0) is 23.1. The van der Waals surface area contributed by atoms with Crippen molar-refractivity contribution in [3.8, 4) is 5.75 Å². The number of carbonyl (C=O) groups is 2. The molecule has 1 aliphatic rings. The normalized spacial score (nSPS) is 18.1. The summed E-state index contributed by atoms with van der Waals surface area (Å²) >= 11 is 6.43. The number of nitrogens with zero attached hydrogens (tertiary/aromatic N) is 2. The second-order valence-electron chi connectivity index (χ2n) is 8.30. The van der Waals surface area contributed by atoms with E-state index in [1.165, 1.54) is 12.8 Å². The molecular formula is C24H31ClN4O3. The Labute approximate surface area is 194 Å². The molecule has 0 unspecified atom stereocenters. The number of ketones is 1. The summed E-state index contributed by atoms with van der Waals surface area (Å²) in [6.07, 6.45) is 7.44. The fourth-order valence-electron chi connectivity index (χ4n) is 4.36. The van der Waals surface area contributed by atoms with Crippen LogP contribution < -0.4 is 15.4 Å². The van der Waals surface area contributed by atoms with Gasteiger partial charge in [-0.15, -0.1) is 0 Å². The van der Waals surface area contributed by atoms with Crippen molar-refractivity contribution >= 4 is 34.9 Å². The van der Waals surface area contributed by atoms with E-state index in [-0.39, 0.29) is 11.7 Å². The number of amides is 1. The van der Waals surface area contributed by atoms with Gasteiger partial charge in [-0.3, -0.25) is 4.79 Å². The molecule has 1 heterocycles. The number of hydrogen-bond acceptors (Lipinski definition) is 6. The smallest absolute Gasteiger partial charge is 0.251 e. The molecule has 3 rings (SSSR count). The van der Waals surface area contributed by atoms with Crippen LogP contribution in [-0.4, -0.2) is 35.3 Å². The third-order valence-electron chi connectivity index (χ3n) is 5.94. The maximum Gasteiger partial charge on any atom is 0.251 e. The summed E-state index contributed by atoms with van der Waals surface area (Å²) in [5.74, 6) is 1.77. The average Bonchev–Trinajstić information content (AvgIpc) is 2.77. The van der Waals surface area contributed by atoms with Crippen molar-refractivity contribution in [2.45, 2.75) is 52.4 Å². The van der Waals surface area contributed by atoms with Gasteiger partial charge in [0.2, 0.25) is 5.95 Å². The molecule has 2 aromatic rings. The maximum absolute atomic E-state index is 12.1. The number of Topliss-reactive ketones (excluding diaryl/α,β-unsaturated/α-hetero) is 1. The number of ether oxygens (including phenoxy) is 1. The van der Waals surface area contributed by atoms with Crippen LogP contribution in [0.15, 0.2) is 24.4 Å². The maximum atomic E-state index is 12.1. The monoisotopic (exact) mass is 458 g/mol. The van der Waals surface area contributed by atoms with E-state index < -0.39 is 0 Å². The minimum absolute atomic E-state index is 0.157. The molecule has 172 valence electrons. The number of carbonyl (C=O) groups excluding carboxylic acids is 2. The molecule has 2 atom stereocenters. The van der Waals surface area contributed by atoms with Gasteiger partial charge in [-0.1, -0.05) is 24.4 Å². The van der Waals surface area contributed by atoms with E-state index in [1.807, 2.05) is 6.92 Å². The van der Waals surface area contributed by atoms with Crippen molar-refractivity contribution in [2.75, 3.05) is 19.0 Å². The summed E-state index contributed by atoms with van der Waals surface area (Å²) in [5, 5.41) is 6.48. The van der Waals surface area contributed by atoms with Crippen LogP contribution in [0.5, 0.6) is 5.75 Å². The molecule has 1 saturated carbocycles. The lowest BCUT2D eigenvalue weighted by molar-refractivity contribution is -0.118. The van der Waals surface area contributed by atoms with Crippen LogP contribution in [0.2, 0.25) is 5.02 Å². The minimum Gasteiger partial charge on any atom is -0.495 e. The molecule has 1 aromatic carbocycles. The zero-order valence-electron chi connectivity index (χ0n) is 18.9. The standard InChI is InChI=1S/C24H31ClN4O3/c1-4-26-23(31)18-9-10-20(22(13-18)32-3)28-24-27-14-19(25)21(29-24)12-17-8-6-5-7-16(17)11-15(2)30/h9-10,13-14,16-17H,4-8,11-12H2,1-3H3,(H,26,31)(H,27,28,29)/t16-,17-/m0/s1. The molecule has 1 amide bonds. The summed E-state index contributed by atoms with van der Waals surface area (Å²) < 4.78 is 5.46. The molecule has 1 fully saturated rings. The Balaban J connectivity index is 1.78.